The van der Waals surface area contributed by atoms with Gasteiger partial charge in [0, 0.05) is 6.92 Å². The van der Waals surface area contributed by atoms with Crippen LogP contribution < -0.4 is 19.6 Å². The predicted molar refractivity (Wildman–Crippen MR) is 105 cm³/mol. The van der Waals surface area contributed by atoms with Crippen molar-refractivity contribution >= 4 is 10.8 Å². The Kier molecular flexibility index (Phi) is 4.52. The van der Waals surface area contributed by atoms with Crippen LogP contribution in [0, 0.1) is 13.8 Å². The molecule has 1 aromatic heterocycles. The maximum absolute atomic E-state index is 5.99. The summed E-state index contributed by atoms with van der Waals surface area (Å²) >= 11 is 0. The van der Waals surface area contributed by atoms with E-state index >= 15 is 0 Å². The molecule has 0 aliphatic carbocycles. The van der Waals surface area contributed by atoms with Gasteiger partial charge in [0.15, 0.2) is 11.5 Å². The normalized spacial score (nSPS) is 13.4. The van der Waals surface area contributed by atoms with Crippen LogP contribution in [0.3, 0.4) is 0 Å². The standard InChI is InChI=1S/C22H23O5/c1-5-23-19-10-16(15-7-8-17-18(9-15)26-12-25-17)11-20(24-6-2)22-14(4)27-13(3)21(19)22/h7-11H,5-6,12H2,1-4H3/q+1. The van der Waals surface area contributed by atoms with Crippen molar-refractivity contribution in [2.24, 2.45) is 0 Å². The molecule has 4 rings (SSSR count). The molecule has 2 heterocycles. The average Bonchev–Trinajstić information content (AvgIpc) is 3.18. The number of hydrogen-bond donors (Lipinski definition) is 0. The van der Waals surface area contributed by atoms with Crippen molar-refractivity contribution in [1.29, 1.82) is 0 Å². The van der Waals surface area contributed by atoms with Gasteiger partial charge in [-0.25, -0.2) is 0 Å². The first-order valence-corrected chi connectivity index (χ1v) is 9.19. The monoisotopic (exact) mass is 367 g/mol. The third-order valence-corrected chi connectivity index (χ3v) is 4.63. The van der Waals surface area contributed by atoms with E-state index in [0.717, 1.165) is 56.1 Å². The summed E-state index contributed by atoms with van der Waals surface area (Å²) in [6, 6.07) is 10.00. The van der Waals surface area contributed by atoms with Crippen molar-refractivity contribution in [2.45, 2.75) is 27.7 Å². The highest BCUT2D eigenvalue weighted by atomic mass is 16.7. The highest BCUT2D eigenvalue weighted by Gasteiger charge is 2.21. The molecule has 0 N–H and O–H groups in total. The molecule has 0 fully saturated rings. The Bertz CT molecular complexity index is 1080. The molecule has 27 heavy (non-hydrogen) atoms. The fourth-order valence-electron chi connectivity index (χ4n) is 3.53. The number of benzene rings is 1. The molecule has 5 nitrogen and oxygen atoms in total. The summed E-state index contributed by atoms with van der Waals surface area (Å²) in [6.07, 6.45) is 0. The van der Waals surface area contributed by atoms with E-state index in [2.05, 4.69) is 0 Å². The summed E-state index contributed by atoms with van der Waals surface area (Å²) < 4.78 is 28.8. The molecular formula is C22H23O5+. The van der Waals surface area contributed by atoms with Gasteiger partial charge in [0.2, 0.25) is 6.79 Å². The zero-order chi connectivity index (χ0) is 19.0. The molecule has 0 amide bonds. The molecule has 0 spiro atoms. The van der Waals surface area contributed by atoms with Gasteiger partial charge in [-0.3, -0.25) is 4.42 Å². The van der Waals surface area contributed by atoms with E-state index in [9.17, 15) is 0 Å². The van der Waals surface area contributed by atoms with E-state index in [4.69, 9.17) is 23.1 Å². The maximum Gasteiger partial charge on any atom is 0.355 e. The van der Waals surface area contributed by atoms with Gasteiger partial charge < -0.3 is 18.6 Å². The van der Waals surface area contributed by atoms with E-state index in [1.807, 2.05) is 58.0 Å². The van der Waals surface area contributed by atoms with E-state index in [1.165, 1.54) is 0 Å². The zero-order valence-electron chi connectivity index (χ0n) is 16.0. The number of rotatable bonds is 4. The van der Waals surface area contributed by atoms with Crippen molar-refractivity contribution in [3.8, 4) is 28.4 Å². The first kappa shape index (κ1) is 17.5. The molecule has 3 aromatic rings. The maximum atomic E-state index is 5.99. The minimum Gasteiger partial charge on any atom is -0.493 e. The van der Waals surface area contributed by atoms with Crippen molar-refractivity contribution in [3.05, 3.63) is 51.7 Å². The first-order chi connectivity index (χ1) is 13.1. The van der Waals surface area contributed by atoms with E-state index < -0.39 is 0 Å². The van der Waals surface area contributed by atoms with Crippen LogP contribution in [-0.4, -0.2) is 20.0 Å². The quantitative estimate of drug-likeness (QED) is 0.624. The van der Waals surface area contributed by atoms with Crippen LogP contribution in [0.2, 0.25) is 0 Å². The van der Waals surface area contributed by atoms with Crippen LogP contribution >= 0.6 is 0 Å². The first-order valence-electron chi connectivity index (χ1n) is 9.19. The zero-order valence-corrected chi connectivity index (χ0v) is 16.0. The average molecular weight is 367 g/mol. The Labute approximate surface area is 157 Å². The third kappa shape index (κ3) is 3.03. The lowest BCUT2D eigenvalue weighted by molar-refractivity contribution is 0.174. The topological polar surface area (TPSA) is 52.1 Å². The van der Waals surface area contributed by atoms with E-state index in [0.29, 0.717) is 13.2 Å². The van der Waals surface area contributed by atoms with Crippen molar-refractivity contribution in [2.75, 3.05) is 20.0 Å². The Morgan fingerprint density at radius 3 is 2.48 bits per heavy atom. The lowest BCUT2D eigenvalue weighted by Crippen LogP contribution is -2.01. The summed E-state index contributed by atoms with van der Waals surface area (Å²) in [5.74, 6) is 3.93. The smallest absolute Gasteiger partial charge is 0.355 e. The molecular weight excluding hydrogens is 344 g/mol. The minimum atomic E-state index is 0.254. The van der Waals surface area contributed by atoms with E-state index in [1.54, 1.807) is 0 Å². The second kappa shape index (κ2) is 6.99. The largest absolute Gasteiger partial charge is 0.493 e. The number of hydrogen-bond acceptors (Lipinski definition) is 4. The summed E-state index contributed by atoms with van der Waals surface area (Å²) in [5, 5.41) is 1.90. The molecule has 1 aliphatic rings. The molecule has 1 aliphatic heterocycles. The number of ether oxygens (including phenoxy) is 3. The lowest BCUT2D eigenvalue weighted by Gasteiger charge is -2.05. The van der Waals surface area contributed by atoms with Gasteiger partial charge in [-0.15, -0.1) is 0 Å². The Balaban J connectivity index is 2.06. The van der Waals surface area contributed by atoms with Crippen LogP contribution in [0.4, 0.5) is 0 Å². The number of fused-ring (bicyclic) bond motifs is 2. The lowest BCUT2D eigenvalue weighted by atomic mass is 10.1. The fourth-order valence-corrected chi connectivity index (χ4v) is 3.53. The highest BCUT2D eigenvalue weighted by molar-refractivity contribution is 5.93. The summed E-state index contributed by atoms with van der Waals surface area (Å²) in [5.41, 5.74) is 2.77. The second-order valence-electron chi connectivity index (χ2n) is 6.37. The number of furan rings is 1. The second-order valence-corrected chi connectivity index (χ2v) is 6.37. The third-order valence-electron chi connectivity index (χ3n) is 4.63. The highest BCUT2D eigenvalue weighted by Crippen LogP contribution is 2.38. The van der Waals surface area contributed by atoms with E-state index in [-0.39, 0.29) is 6.79 Å². The summed E-state index contributed by atoms with van der Waals surface area (Å²) in [6.45, 7) is 9.24. The SMILES string of the molecule is CCOc1cc(-c2ccc3c(c2)OCO3)cc(=[O+]CC)c2c(C)oc(C)c12. The van der Waals surface area contributed by atoms with Gasteiger partial charge in [-0.2, -0.15) is 0 Å². The summed E-state index contributed by atoms with van der Waals surface area (Å²) in [7, 11) is 0. The molecule has 0 bridgehead atoms. The number of aryl methyl sites for hydroxylation is 2. The predicted octanol–water partition coefficient (Wildman–Crippen LogP) is 4.76. The van der Waals surface area contributed by atoms with Gasteiger partial charge in [-0.1, -0.05) is 6.07 Å². The van der Waals surface area contributed by atoms with Gasteiger partial charge in [0.1, 0.15) is 22.7 Å². The molecule has 140 valence electrons. The Morgan fingerprint density at radius 2 is 1.70 bits per heavy atom. The van der Waals surface area contributed by atoms with Gasteiger partial charge in [0.25, 0.3) is 6.61 Å². The molecule has 0 unspecified atom stereocenters. The van der Waals surface area contributed by atoms with Gasteiger partial charge >= 0.3 is 5.43 Å². The van der Waals surface area contributed by atoms with Crippen molar-refractivity contribution in [1.82, 2.24) is 0 Å². The molecule has 0 saturated carbocycles. The Morgan fingerprint density at radius 1 is 0.926 bits per heavy atom. The van der Waals surface area contributed by atoms with Crippen LogP contribution in [0.1, 0.15) is 25.4 Å². The van der Waals surface area contributed by atoms with Crippen molar-refractivity contribution in [3.63, 3.8) is 0 Å². The van der Waals surface area contributed by atoms with Gasteiger partial charge in [0.05, 0.1) is 18.1 Å². The van der Waals surface area contributed by atoms with Gasteiger partial charge in [-0.05, 0) is 50.1 Å². The fraction of sp³-hybridized carbons (Fsp3) is 0.318. The van der Waals surface area contributed by atoms with Crippen LogP contribution in [0.5, 0.6) is 17.2 Å². The van der Waals surface area contributed by atoms with Crippen LogP contribution in [0.25, 0.3) is 21.9 Å². The molecule has 0 radical (unpaired) electrons. The van der Waals surface area contributed by atoms with Crippen LogP contribution in [0.15, 0.2) is 39.2 Å². The Hall–Kier alpha value is -2.95. The molecule has 0 saturated heterocycles. The molecule has 2 aromatic carbocycles. The molecule has 5 heteroatoms. The minimum absolute atomic E-state index is 0.254. The molecule has 0 atom stereocenters. The summed E-state index contributed by atoms with van der Waals surface area (Å²) in [4.78, 5) is 0. The van der Waals surface area contributed by atoms with Crippen molar-refractivity contribution < 1.29 is 18.6 Å². The van der Waals surface area contributed by atoms with Crippen LogP contribution in [-0.2, 0) is 0 Å².